The van der Waals surface area contributed by atoms with E-state index >= 15 is 0 Å². The van der Waals surface area contributed by atoms with Crippen LogP contribution in [0.25, 0.3) is 0 Å². The van der Waals surface area contributed by atoms with Gasteiger partial charge in [0, 0.05) is 12.8 Å². The van der Waals surface area contributed by atoms with Gasteiger partial charge in [-0.15, -0.1) is 0 Å². The lowest BCUT2D eigenvalue weighted by Gasteiger charge is -2.30. The lowest BCUT2D eigenvalue weighted by molar-refractivity contribution is -0.870. The molecular weight excluding hydrogens is 952 g/mol. The van der Waals surface area contributed by atoms with Crippen LogP contribution in [-0.2, 0) is 27.9 Å². The molecule has 0 saturated carbocycles. The lowest BCUT2D eigenvalue weighted by Crippen LogP contribution is -2.47. The van der Waals surface area contributed by atoms with Gasteiger partial charge in [-0.3, -0.25) is 14.2 Å². The molecule has 0 bridgehead atoms. The van der Waals surface area contributed by atoms with E-state index in [1.165, 1.54) is 103 Å². The molecular formula is C65H115N2O7P. The van der Waals surface area contributed by atoms with Crippen LogP contribution in [0.4, 0.5) is 0 Å². The number of hydrogen-bond donors (Lipinski definition) is 1. The number of esters is 1. The Morgan fingerprint density at radius 2 is 0.853 bits per heavy atom. The maximum Gasteiger partial charge on any atom is 0.306 e. The Morgan fingerprint density at radius 1 is 0.480 bits per heavy atom. The van der Waals surface area contributed by atoms with E-state index in [0.717, 1.165) is 109 Å². The summed E-state index contributed by atoms with van der Waals surface area (Å²) in [6, 6.07) is -0.915. The van der Waals surface area contributed by atoms with Crippen molar-refractivity contribution in [2.45, 2.75) is 264 Å². The van der Waals surface area contributed by atoms with Gasteiger partial charge in [-0.05, 0) is 109 Å². The second-order valence-electron chi connectivity index (χ2n) is 21.5. The first-order valence-corrected chi connectivity index (χ1v) is 32.0. The Hall–Kier alpha value is -3.07. The number of rotatable bonds is 54. The highest BCUT2D eigenvalue weighted by Crippen LogP contribution is 2.38. The molecule has 0 radical (unpaired) electrons. The van der Waals surface area contributed by atoms with E-state index in [1.807, 2.05) is 33.3 Å². The molecule has 0 aromatic carbocycles. The Kier molecular flexibility index (Phi) is 52.1. The number of carbonyl (C=O) groups excluding carboxylic acids is 2. The average Bonchev–Trinajstić information content (AvgIpc) is 3.37. The van der Waals surface area contributed by atoms with Crippen LogP contribution in [-0.4, -0.2) is 69.4 Å². The largest absolute Gasteiger partial charge is 0.756 e. The summed E-state index contributed by atoms with van der Waals surface area (Å²) in [6.45, 7) is 6.68. The Labute approximate surface area is 462 Å². The summed E-state index contributed by atoms with van der Waals surface area (Å²) in [5, 5.41) is 3.01. The number of phosphoric acid groups is 1. The molecule has 1 N–H and O–H groups in total. The second-order valence-corrected chi connectivity index (χ2v) is 22.9. The number of ether oxygens (including phenoxy) is 1. The van der Waals surface area contributed by atoms with E-state index in [9.17, 15) is 19.0 Å². The van der Waals surface area contributed by atoms with Crippen LogP contribution in [0, 0.1) is 0 Å². The normalized spacial score (nSPS) is 14.4. The molecule has 3 atom stereocenters. The fraction of sp³-hybridized carbons (Fsp3) is 0.723. The van der Waals surface area contributed by atoms with Gasteiger partial charge in [0.2, 0.25) is 5.91 Å². The topological polar surface area (TPSA) is 114 Å². The molecule has 0 aliphatic carbocycles. The minimum Gasteiger partial charge on any atom is -0.756 e. The van der Waals surface area contributed by atoms with Crippen molar-refractivity contribution < 1.29 is 37.3 Å². The van der Waals surface area contributed by atoms with E-state index in [4.69, 9.17) is 13.8 Å². The number of phosphoric ester groups is 1. The molecule has 75 heavy (non-hydrogen) atoms. The number of nitrogens with one attached hydrogen (secondary N) is 1. The van der Waals surface area contributed by atoms with E-state index in [0.29, 0.717) is 23.9 Å². The molecule has 0 aromatic heterocycles. The third-order valence-corrected chi connectivity index (χ3v) is 14.0. The van der Waals surface area contributed by atoms with Gasteiger partial charge in [0.1, 0.15) is 19.3 Å². The Balaban J connectivity index is 5.38. The summed E-state index contributed by atoms with van der Waals surface area (Å²) in [4.78, 5) is 39.9. The van der Waals surface area contributed by atoms with Gasteiger partial charge in [-0.1, -0.05) is 227 Å². The molecule has 9 nitrogen and oxygen atoms in total. The third kappa shape index (κ3) is 55.5. The van der Waals surface area contributed by atoms with Crippen LogP contribution < -0.4 is 10.2 Å². The van der Waals surface area contributed by atoms with Crippen LogP contribution in [0.2, 0.25) is 0 Å². The van der Waals surface area contributed by atoms with Crippen molar-refractivity contribution in [1.82, 2.24) is 5.32 Å². The van der Waals surface area contributed by atoms with Crippen molar-refractivity contribution in [3.63, 3.8) is 0 Å². The number of unbranched alkanes of at least 4 members (excludes halogenated alkanes) is 24. The highest BCUT2D eigenvalue weighted by atomic mass is 31.2. The first kappa shape index (κ1) is 71.9. The third-order valence-electron chi connectivity index (χ3n) is 13.0. The van der Waals surface area contributed by atoms with Crippen molar-refractivity contribution >= 4 is 19.7 Å². The molecule has 1 amide bonds. The van der Waals surface area contributed by atoms with Crippen molar-refractivity contribution in [1.29, 1.82) is 0 Å². The SMILES string of the molecule is CC/C=C\C/C=C\C/C=C\C/C=C\C/C=C\C/C=C\CCCCC(=O)OC(/C=C/CCCCCCCCCCCC)C(COP(=O)([O-])OCC[N+](C)(C)C)NC(=O)CCCCCCC/C=C/CCCCCCCCC. The minimum atomic E-state index is -4.71. The van der Waals surface area contributed by atoms with Gasteiger partial charge in [-0.25, -0.2) is 0 Å². The number of carbonyl (C=O) groups is 2. The lowest BCUT2D eigenvalue weighted by atomic mass is 10.0. The van der Waals surface area contributed by atoms with Crippen LogP contribution in [0.1, 0.15) is 252 Å². The zero-order valence-corrected chi connectivity index (χ0v) is 50.1. The molecule has 0 rings (SSSR count). The van der Waals surface area contributed by atoms with Crippen molar-refractivity contribution in [3.05, 3.63) is 97.2 Å². The zero-order valence-electron chi connectivity index (χ0n) is 49.2. The molecule has 0 aliphatic rings. The number of likely N-dealkylation sites (N-methyl/N-ethyl adjacent to an activating group) is 1. The van der Waals surface area contributed by atoms with Gasteiger partial charge in [0.15, 0.2) is 0 Å². The highest BCUT2D eigenvalue weighted by Gasteiger charge is 2.27. The Morgan fingerprint density at radius 3 is 1.31 bits per heavy atom. The van der Waals surface area contributed by atoms with E-state index in [-0.39, 0.29) is 24.9 Å². The molecule has 0 spiro atoms. The molecule has 0 aliphatic heterocycles. The minimum absolute atomic E-state index is 0.0351. The Bertz CT molecular complexity index is 1610. The van der Waals surface area contributed by atoms with E-state index in [2.05, 4.69) is 111 Å². The first-order chi connectivity index (χ1) is 36.4. The van der Waals surface area contributed by atoms with Crippen molar-refractivity contribution in [2.24, 2.45) is 0 Å². The first-order valence-electron chi connectivity index (χ1n) is 30.5. The number of quaternary nitrogens is 1. The summed E-state index contributed by atoms with van der Waals surface area (Å²) in [5.41, 5.74) is 0. The standard InChI is InChI=1S/C65H115N2O7P/c1-7-10-13-16-19-22-25-28-30-32-33-34-35-36-38-40-43-46-49-52-55-58-65(69)74-63(56-53-50-47-44-41-27-24-21-18-15-12-9-3)62(61-73-75(70,71)72-60-59-67(4,5)6)66-64(68)57-54-51-48-45-42-39-37-31-29-26-23-20-17-14-11-8-2/h10,13,19,22,28,30-31,33-34,36-38,43,46,53,56,62-63H,7-9,11-12,14-18,20-21,23-27,29,32,35,39-42,44-45,47-52,54-55,57-61H2,1-6H3,(H-,66,68,70,71)/b13-10-,22-19-,30-28-,34-33-,37-31+,38-36-,46-43-,56-53+. The van der Waals surface area contributed by atoms with Crippen LogP contribution in [0.3, 0.4) is 0 Å². The highest BCUT2D eigenvalue weighted by molar-refractivity contribution is 7.45. The molecule has 3 unspecified atom stereocenters. The summed E-state index contributed by atoms with van der Waals surface area (Å²) in [6.07, 6.45) is 72.3. The summed E-state index contributed by atoms with van der Waals surface area (Å²) >= 11 is 0. The van der Waals surface area contributed by atoms with Gasteiger partial charge >= 0.3 is 5.97 Å². The molecule has 0 fully saturated rings. The fourth-order valence-corrected chi connectivity index (χ4v) is 9.01. The molecule has 0 aromatic rings. The van der Waals surface area contributed by atoms with Gasteiger partial charge in [-0.2, -0.15) is 0 Å². The van der Waals surface area contributed by atoms with Crippen LogP contribution >= 0.6 is 7.82 Å². The number of amides is 1. The summed E-state index contributed by atoms with van der Waals surface area (Å²) < 4.78 is 30.2. The predicted octanol–water partition coefficient (Wildman–Crippen LogP) is 18.1. The van der Waals surface area contributed by atoms with Crippen molar-refractivity contribution in [2.75, 3.05) is 40.9 Å². The predicted molar refractivity (Wildman–Crippen MR) is 321 cm³/mol. The quantitative estimate of drug-likeness (QED) is 0.0212. The van der Waals surface area contributed by atoms with E-state index in [1.54, 1.807) is 0 Å². The molecule has 0 heterocycles. The zero-order chi connectivity index (χ0) is 55.0. The molecule has 10 heteroatoms. The fourth-order valence-electron chi connectivity index (χ4n) is 8.28. The summed E-state index contributed by atoms with van der Waals surface area (Å²) in [7, 11) is 1.14. The smallest absolute Gasteiger partial charge is 0.306 e. The van der Waals surface area contributed by atoms with Crippen LogP contribution in [0.5, 0.6) is 0 Å². The van der Waals surface area contributed by atoms with E-state index < -0.39 is 26.6 Å². The maximum absolute atomic E-state index is 13.5. The number of nitrogens with zero attached hydrogens (tertiary/aromatic N) is 1. The second kappa shape index (κ2) is 54.3. The average molecular weight is 1070 g/mol. The van der Waals surface area contributed by atoms with Crippen molar-refractivity contribution in [3.8, 4) is 0 Å². The van der Waals surface area contributed by atoms with Gasteiger partial charge in [0.25, 0.3) is 7.82 Å². The summed E-state index contributed by atoms with van der Waals surface area (Å²) in [5.74, 6) is -0.605. The van der Waals surface area contributed by atoms with Gasteiger partial charge in [0.05, 0.1) is 33.8 Å². The van der Waals surface area contributed by atoms with Gasteiger partial charge < -0.3 is 28.5 Å². The molecule has 432 valence electrons. The number of allylic oxidation sites excluding steroid dienone is 15. The van der Waals surface area contributed by atoms with Crippen LogP contribution in [0.15, 0.2) is 97.2 Å². The molecule has 0 saturated heterocycles. The maximum atomic E-state index is 13.5. The monoisotopic (exact) mass is 1070 g/mol. The number of hydrogen-bond acceptors (Lipinski definition) is 7.